The Labute approximate surface area is 89.4 Å². The molecule has 7 heteroatoms. The second-order valence-corrected chi connectivity index (χ2v) is 0.283. The summed E-state index contributed by atoms with van der Waals surface area (Å²) < 4.78 is 0. The van der Waals surface area contributed by atoms with Crippen molar-refractivity contribution in [2.24, 2.45) is 0 Å². The SMILES string of the molecule is O.O.O=C(O)O.[AlH].[Ca+2].[H-].[H-]. The number of hydrogen-bond donors (Lipinski definition) is 2. The quantitative estimate of drug-likeness (QED) is 0.398. The summed E-state index contributed by atoms with van der Waals surface area (Å²) in [7, 11) is 0. The van der Waals surface area contributed by atoms with Gasteiger partial charge < -0.3 is 24.0 Å². The number of hydrogen-bond acceptors (Lipinski definition) is 1. The average Bonchev–Trinajstić information content (AvgIpc) is 0.811. The van der Waals surface area contributed by atoms with Crippen LogP contribution in [0, 0.1) is 0 Å². The summed E-state index contributed by atoms with van der Waals surface area (Å²) in [5.74, 6) is 0. The molecule has 0 saturated carbocycles. The van der Waals surface area contributed by atoms with E-state index >= 15 is 0 Å². The van der Waals surface area contributed by atoms with Gasteiger partial charge >= 0.3 is 43.9 Å². The molecule has 0 aliphatic heterocycles. The molecule has 48 valence electrons. The summed E-state index contributed by atoms with van der Waals surface area (Å²) in [5.41, 5.74) is 0. The minimum absolute atomic E-state index is 0. The Morgan fingerprint density at radius 2 is 1.25 bits per heavy atom. The molecule has 0 atom stereocenters. The van der Waals surface area contributed by atoms with Gasteiger partial charge in [-0.05, 0) is 0 Å². The van der Waals surface area contributed by atoms with Crippen molar-refractivity contribution >= 4 is 61.3 Å². The first-order chi connectivity index (χ1) is 1.73. The molecule has 0 aromatic heterocycles. The largest absolute Gasteiger partial charge is 2.00 e. The molecule has 0 fully saturated rings. The molecule has 0 aromatic rings. The second kappa shape index (κ2) is 24.5. The molecular weight excluding hydrogens is 159 g/mol. The van der Waals surface area contributed by atoms with Gasteiger partial charge in [0.2, 0.25) is 0 Å². The molecule has 0 unspecified atom stereocenters. The molecule has 8 heavy (non-hydrogen) atoms. The molecule has 2 radical (unpaired) electrons. The second-order valence-electron chi connectivity index (χ2n) is 0.283. The topological polar surface area (TPSA) is 121 Å². The fraction of sp³-hybridized carbons (Fsp3) is 0. The van der Waals surface area contributed by atoms with Gasteiger partial charge in [0.25, 0.3) is 0 Å². The monoisotopic (exact) mass is 168 g/mol. The molecule has 0 aliphatic rings. The van der Waals surface area contributed by atoms with Crippen LogP contribution in [0.15, 0.2) is 0 Å². The maximum atomic E-state index is 8.56. The molecule has 0 aromatic carbocycles. The zero-order valence-electron chi connectivity index (χ0n) is 6.22. The third-order valence-corrected chi connectivity index (χ3v) is 0. The Morgan fingerprint density at radius 3 is 1.25 bits per heavy atom. The Balaban J connectivity index is -0.00000000300. The van der Waals surface area contributed by atoms with Crippen molar-refractivity contribution in [1.29, 1.82) is 0 Å². The van der Waals surface area contributed by atoms with Gasteiger partial charge in [0.1, 0.15) is 0 Å². The Bertz CT molecular complexity index is 42.6. The molecule has 0 heterocycles. The van der Waals surface area contributed by atoms with E-state index < -0.39 is 6.16 Å². The van der Waals surface area contributed by atoms with Gasteiger partial charge in [0.15, 0.2) is 0 Å². The molecule has 0 saturated heterocycles. The van der Waals surface area contributed by atoms with Crippen molar-refractivity contribution in [1.82, 2.24) is 0 Å². The first-order valence-corrected chi connectivity index (χ1v) is 0.651. The summed E-state index contributed by atoms with van der Waals surface area (Å²) in [6.45, 7) is 0. The van der Waals surface area contributed by atoms with Crippen LogP contribution < -0.4 is 0 Å². The maximum absolute atomic E-state index is 8.56. The van der Waals surface area contributed by atoms with Gasteiger partial charge in [-0.1, -0.05) is 0 Å². The molecular formula is CH9AlCaO5. The van der Waals surface area contributed by atoms with Crippen LogP contribution >= 0.6 is 0 Å². The third-order valence-electron chi connectivity index (χ3n) is 0. The summed E-state index contributed by atoms with van der Waals surface area (Å²) in [6.07, 6.45) is -1.83. The number of rotatable bonds is 0. The van der Waals surface area contributed by atoms with Crippen molar-refractivity contribution in [3.63, 3.8) is 0 Å². The molecule has 0 rings (SSSR count). The molecule has 0 bridgehead atoms. The van der Waals surface area contributed by atoms with Crippen molar-refractivity contribution in [2.45, 2.75) is 0 Å². The van der Waals surface area contributed by atoms with E-state index in [-0.39, 0.29) is 68.9 Å². The van der Waals surface area contributed by atoms with Gasteiger partial charge in [-0.15, -0.1) is 0 Å². The van der Waals surface area contributed by atoms with Crippen molar-refractivity contribution in [3.8, 4) is 0 Å². The van der Waals surface area contributed by atoms with Crippen LogP contribution in [-0.4, -0.2) is 82.4 Å². The van der Waals surface area contributed by atoms with Crippen LogP contribution in [0.5, 0.6) is 0 Å². The molecule has 0 aliphatic carbocycles. The molecule has 5 nitrogen and oxygen atoms in total. The smallest absolute Gasteiger partial charge is 1.00 e. The van der Waals surface area contributed by atoms with E-state index in [0.717, 1.165) is 0 Å². The van der Waals surface area contributed by atoms with Gasteiger partial charge in [-0.3, -0.25) is 0 Å². The van der Waals surface area contributed by atoms with Crippen LogP contribution in [0.1, 0.15) is 2.85 Å². The van der Waals surface area contributed by atoms with Crippen molar-refractivity contribution in [3.05, 3.63) is 0 Å². The zero-order valence-corrected chi connectivity index (χ0v) is 7.84. The number of carboxylic acid groups (broad SMARTS) is 2. The zero-order chi connectivity index (χ0) is 3.58. The van der Waals surface area contributed by atoms with Gasteiger partial charge in [-0.2, -0.15) is 0 Å². The van der Waals surface area contributed by atoms with Crippen LogP contribution in [-0.2, 0) is 0 Å². The normalized spacial score (nSPS) is 3.00. The Morgan fingerprint density at radius 1 is 1.25 bits per heavy atom. The molecule has 0 amide bonds. The van der Waals surface area contributed by atoms with E-state index in [0.29, 0.717) is 0 Å². The minimum Gasteiger partial charge on any atom is -1.00 e. The first kappa shape index (κ1) is 36.1. The summed E-state index contributed by atoms with van der Waals surface area (Å²) in [4.78, 5) is 8.56. The van der Waals surface area contributed by atoms with Crippen molar-refractivity contribution in [2.75, 3.05) is 0 Å². The van der Waals surface area contributed by atoms with Crippen LogP contribution in [0.2, 0.25) is 0 Å². The van der Waals surface area contributed by atoms with Crippen LogP contribution in [0.25, 0.3) is 0 Å². The van der Waals surface area contributed by atoms with E-state index in [2.05, 4.69) is 0 Å². The molecule has 6 N–H and O–H groups in total. The fourth-order valence-electron chi connectivity index (χ4n) is 0. The third kappa shape index (κ3) is 259. The van der Waals surface area contributed by atoms with E-state index in [1.807, 2.05) is 0 Å². The van der Waals surface area contributed by atoms with Crippen molar-refractivity contribution < 1.29 is 28.8 Å². The van der Waals surface area contributed by atoms with E-state index in [1.165, 1.54) is 0 Å². The Hall–Kier alpha value is 0.982. The summed E-state index contributed by atoms with van der Waals surface area (Å²) in [6, 6.07) is 0. The average molecular weight is 168 g/mol. The van der Waals surface area contributed by atoms with Gasteiger partial charge in [-0.25, -0.2) is 4.79 Å². The number of carbonyl (C=O) groups is 1. The summed E-state index contributed by atoms with van der Waals surface area (Å²) >= 11 is 0. The van der Waals surface area contributed by atoms with Crippen LogP contribution in [0.3, 0.4) is 0 Å². The Kier molecular flexibility index (Phi) is 111. The standard InChI is InChI=1S/CH2O3.Al.Ca.2H2O.3H/c2-1(3)4;;;;;;;/h(H2,2,3,4);;;2*1H2;;;/q;;+2;;;;2*-1. The predicted octanol–water partition coefficient (Wildman–Crippen LogP) is -2.23. The molecule has 0 spiro atoms. The minimum atomic E-state index is -1.83. The van der Waals surface area contributed by atoms with E-state index in [1.54, 1.807) is 0 Å². The van der Waals surface area contributed by atoms with E-state index in [4.69, 9.17) is 15.0 Å². The maximum Gasteiger partial charge on any atom is 2.00 e. The first-order valence-electron chi connectivity index (χ1n) is 0.651. The summed E-state index contributed by atoms with van der Waals surface area (Å²) in [5, 5.41) is 13.9. The van der Waals surface area contributed by atoms with Crippen LogP contribution in [0.4, 0.5) is 4.79 Å². The fourth-order valence-corrected chi connectivity index (χ4v) is 0. The van der Waals surface area contributed by atoms with Gasteiger partial charge in [0.05, 0.1) is 17.4 Å². The van der Waals surface area contributed by atoms with E-state index in [9.17, 15) is 0 Å². The van der Waals surface area contributed by atoms with Gasteiger partial charge in [0, 0.05) is 0 Å². The predicted molar refractivity (Wildman–Crippen MR) is 33.0 cm³/mol.